The van der Waals surface area contributed by atoms with Crippen LogP contribution < -0.4 is 16.4 Å². The Morgan fingerprint density at radius 1 is 0.967 bits per heavy atom. The van der Waals surface area contributed by atoms with Crippen LogP contribution >= 0.6 is 11.6 Å². The normalized spacial score (nSPS) is 10.5. The van der Waals surface area contributed by atoms with Gasteiger partial charge in [0.05, 0.1) is 24.9 Å². The van der Waals surface area contributed by atoms with Crippen molar-refractivity contribution in [1.82, 2.24) is 9.13 Å². The number of nitrogens with zero attached hydrogens (tertiary/aromatic N) is 2. The maximum Gasteiger partial charge on any atom is 0.339 e. The zero-order valence-electron chi connectivity index (χ0n) is 16.0. The van der Waals surface area contributed by atoms with Crippen molar-refractivity contribution in [2.24, 2.45) is 0 Å². The Balaban J connectivity index is 1.76. The molecule has 0 aliphatic rings. The molecule has 0 atom stereocenters. The van der Waals surface area contributed by atoms with E-state index in [-0.39, 0.29) is 24.3 Å². The average Bonchev–Trinajstić information content (AvgIpc) is 2.75. The number of benzene rings is 2. The maximum atomic E-state index is 12.4. The second kappa shape index (κ2) is 9.23. The first kappa shape index (κ1) is 21.1. The Morgan fingerprint density at radius 2 is 1.60 bits per heavy atom. The lowest BCUT2D eigenvalue weighted by Gasteiger charge is -2.11. The summed E-state index contributed by atoms with van der Waals surface area (Å²) >= 11 is 5.85. The molecule has 9 heteroatoms. The van der Waals surface area contributed by atoms with Crippen LogP contribution in [0.15, 0.2) is 70.5 Å². The quantitative estimate of drug-likeness (QED) is 0.480. The van der Waals surface area contributed by atoms with Crippen LogP contribution in [0.2, 0.25) is 5.02 Å². The third-order valence-electron chi connectivity index (χ3n) is 4.32. The number of esters is 1. The SMILES string of the molecule is COC(=O)c1ccccc1NC(=O)Cn1ccn(Cc2ccc(Cl)cc2)c(=O)c1=O. The number of hydrogen-bond acceptors (Lipinski definition) is 5. The first-order valence-electron chi connectivity index (χ1n) is 8.90. The summed E-state index contributed by atoms with van der Waals surface area (Å²) in [5.41, 5.74) is -0.355. The van der Waals surface area contributed by atoms with Crippen LogP contribution in [0.5, 0.6) is 0 Å². The molecule has 0 radical (unpaired) electrons. The van der Waals surface area contributed by atoms with Gasteiger partial charge in [0.15, 0.2) is 0 Å². The van der Waals surface area contributed by atoms with Crippen molar-refractivity contribution in [2.75, 3.05) is 12.4 Å². The monoisotopic (exact) mass is 427 g/mol. The highest BCUT2D eigenvalue weighted by atomic mass is 35.5. The summed E-state index contributed by atoms with van der Waals surface area (Å²) in [4.78, 5) is 49.0. The van der Waals surface area contributed by atoms with Crippen molar-refractivity contribution in [2.45, 2.75) is 13.1 Å². The Kier molecular flexibility index (Phi) is 6.48. The number of para-hydroxylation sites is 1. The fourth-order valence-electron chi connectivity index (χ4n) is 2.80. The number of carbonyl (C=O) groups is 2. The fourth-order valence-corrected chi connectivity index (χ4v) is 2.93. The molecule has 1 heterocycles. The minimum Gasteiger partial charge on any atom is -0.465 e. The first-order chi connectivity index (χ1) is 14.4. The second-order valence-corrected chi connectivity index (χ2v) is 6.81. The van der Waals surface area contributed by atoms with Crippen molar-refractivity contribution in [1.29, 1.82) is 0 Å². The van der Waals surface area contributed by atoms with E-state index >= 15 is 0 Å². The van der Waals surface area contributed by atoms with E-state index in [9.17, 15) is 19.2 Å². The van der Waals surface area contributed by atoms with E-state index in [0.29, 0.717) is 5.02 Å². The molecule has 3 aromatic rings. The Hall–Kier alpha value is -3.65. The highest BCUT2D eigenvalue weighted by Crippen LogP contribution is 2.16. The number of rotatable bonds is 6. The van der Waals surface area contributed by atoms with Crippen LogP contribution in [0.4, 0.5) is 5.69 Å². The number of carbonyl (C=O) groups excluding carboxylic acids is 2. The van der Waals surface area contributed by atoms with Crippen molar-refractivity contribution in [3.8, 4) is 0 Å². The van der Waals surface area contributed by atoms with Crippen molar-refractivity contribution in [3.05, 3.63) is 97.8 Å². The number of halogens is 1. The first-order valence-corrected chi connectivity index (χ1v) is 9.28. The van der Waals surface area contributed by atoms with Crippen LogP contribution in [0.3, 0.4) is 0 Å². The van der Waals surface area contributed by atoms with Gasteiger partial charge in [0, 0.05) is 17.4 Å². The van der Waals surface area contributed by atoms with Gasteiger partial charge in [-0.15, -0.1) is 0 Å². The Bertz CT molecular complexity index is 1200. The van der Waals surface area contributed by atoms with Gasteiger partial charge in [0.1, 0.15) is 6.54 Å². The van der Waals surface area contributed by atoms with Gasteiger partial charge < -0.3 is 14.6 Å². The molecular weight excluding hydrogens is 410 g/mol. The zero-order valence-corrected chi connectivity index (χ0v) is 16.8. The topological polar surface area (TPSA) is 99.4 Å². The van der Waals surface area contributed by atoms with Gasteiger partial charge in [0.25, 0.3) is 0 Å². The summed E-state index contributed by atoms with van der Waals surface area (Å²) < 4.78 is 6.95. The lowest BCUT2D eigenvalue weighted by Crippen LogP contribution is -2.42. The molecule has 0 saturated heterocycles. The minimum absolute atomic E-state index is 0.180. The average molecular weight is 428 g/mol. The van der Waals surface area contributed by atoms with E-state index in [2.05, 4.69) is 10.1 Å². The summed E-state index contributed by atoms with van der Waals surface area (Å²) in [7, 11) is 1.24. The highest BCUT2D eigenvalue weighted by molar-refractivity contribution is 6.30. The maximum absolute atomic E-state index is 12.4. The number of nitrogens with one attached hydrogen (secondary N) is 1. The summed E-state index contributed by atoms with van der Waals surface area (Å²) in [6.45, 7) is -0.184. The van der Waals surface area contributed by atoms with Gasteiger partial charge in [-0.1, -0.05) is 35.9 Å². The summed E-state index contributed by atoms with van der Waals surface area (Å²) in [5, 5.41) is 3.13. The molecular formula is C21H18ClN3O5. The zero-order chi connectivity index (χ0) is 21.7. The van der Waals surface area contributed by atoms with Gasteiger partial charge in [-0.2, -0.15) is 0 Å². The molecule has 0 aliphatic heterocycles. The van der Waals surface area contributed by atoms with Crippen molar-refractivity contribution in [3.63, 3.8) is 0 Å². The number of ether oxygens (including phenoxy) is 1. The molecule has 0 bridgehead atoms. The Labute approximate surface area is 176 Å². The number of anilines is 1. The number of hydrogen-bond donors (Lipinski definition) is 1. The molecule has 2 aromatic carbocycles. The lowest BCUT2D eigenvalue weighted by molar-refractivity contribution is -0.116. The van der Waals surface area contributed by atoms with Crippen LogP contribution in [0.1, 0.15) is 15.9 Å². The van der Waals surface area contributed by atoms with E-state index in [1.54, 1.807) is 36.4 Å². The van der Waals surface area contributed by atoms with E-state index < -0.39 is 23.0 Å². The summed E-state index contributed by atoms with van der Waals surface area (Å²) in [6.07, 6.45) is 2.81. The lowest BCUT2D eigenvalue weighted by atomic mass is 10.2. The molecule has 3 rings (SSSR count). The van der Waals surface area contributed by atoms with Crippen LogP contribution in [0, 0.1) is 0 Å². The third-order valence-corrected chi connectivity index (χ3v) is 4.57. The van der Waals surface area contributed by atoms with Crippen molar-refractivity contribution < 1.29 is 14.3 Å². The van der Waals surface area contributed by atoms with E-state index in [1.807, 2.05) is 0 Å². The van der Waals surface area contributed by atoms with Crippen molar-refractivity contribution >= 4 is 29.2 Å². The summed E-state index contributed by atoms with van der Waals surface area (Å²) in [5.74, 6) is -1.17. The van der Waals surface area contributed by atoms with Gasteiger partial charge in [0.2, 0.25) is 5.91 Å². The molecule has 8 nitrogen and oxygen atoms in total. The summed E-state index contributed by atoms with van der Waals surface area (Å²) in [6, 6.07) is 13.2. The molecule has 0 aliphatic carbocycles. The Morgan fingerprint density at radius 3 is 2.30 bits per heavy atom. The standard InChI is InChI=1S/C21H18ClN3O5/c1-30-21(29)16-4-2-3-5-17(16)23-18(26)13-25-11-10-24(19(27)20(25)28)12-14-6-8-15(22)9-7-14/h2-11H,12-13H2,1H3,(H,23,26). The molecule has 1 N–H and O–H groups in total. The van der Waals surface area contributed by atoms with Gasteiger partial charge in [-0.05, 0) is 29.8 Å². The molecule has 0 unspecified atom stereocenters. The van der Waals surface area contributed by atoms with E-state index in [4.69, 9.17) is 11.6 Å². The minimum atomic E-state index is -0.831. The van der Waals surface area contributed by atoms with Crippen LogP contribution in [-0.2, 0) is 22.6 Å². The smallest absolute Gasteiger partial charge is 0.339 e. The predicted molar refractivity (Wildman–Crippen MR) is 112 cm³/mol. The fraction of sp³-hybridized carbons (Fsp3) is 0.143. The predicted octanol–water partition coefficient (Wildman–Crippen LogP) is 2.14. The van der Waals surface area contributed by atoms with E-state index in [1.165, 1.54) is 36.2 Å². The number of amides is 1. The highest BCUT2D eigenvalue weighted by Gasteiger charge is 2.14. The molecule has 1 amide bonds. The number of aromatic nitrogens is 2. The van der Waals surface area contributed by atoms with Gasteiger partial charge >= 0.3 is 17.1 Å². The van der Waals surface area contributed by atoms with E-state index in [0.717, 1.165) is 10.1 Å². The molecule has 154 valence electrons. The molecule has 0 saturated carbocycles. The molecule has 0 spiro atoms. The third kappa shape index (κ3) is 4.84. The van der Waals surface area contributed by atoms with Crippen LogP contribution in [-0.4, -0.2) is 28.1 Å². The molecule has 0 fully saturated rings. The molecule has 30 heavy (non-hydrogen) atoms. The number of methoxy groups -OCH3 is 1. The molecule has 1 aromatic heterocycles. The van der Waals surface area contributed by atoms with Gasteiger partial charge in [-0.3, -0.25) is 19.0 Å². The largest absolute Gasteiger partial charge is 0.465 e. The van der Waals surface area contributed by atoms with Gasteiger partial charge in [-0.25, -0.2) is 4.79 Å². The second-order valence-electron chi connectivity index (χ2n) is 6.38. The van der Waals surface area contributed by atoms with Crippen LogP contribution in [0.25, 0.3) is 0 Å².